The van der Waals surface area contributed by atoms with E-state index in [9.17, 15) is 34.0 Å². The lowest BCUT2D eigenvalue weighted by Crippen LogP contribution is -2.40. The average Bonchev–Trinajstić information content (AvgIpc) is 1.73. The fraction of sp³-hybridized carbons (Fsp3) is 0.375. The highest BCUT2D eigenvalue weighted by atomic mass is 32.2. The third kappa shape index (κ3) is 19.4. The van der Waals surface area contributed by atoms with Crippen LogP contribution >= 0.6 is 34.0 Å². The Labute approximate surface area is 641 Å². The molecule has 0 amide bonds. The maximum atomic E-state index is 14.4. The Morgan fingerprint density at radius 2 is 0.785 bits per heavy atom. The third-order valence-corrected chi connectivity index (χ3v) is 27.2. The maximum Gasteiger partial charge on any atom is 0.265 e. The standard InChI is InChI=1S/C27H34FN3O3S2.C27H28FN3O3S2.C26H34N4O3S2/c2*1-17-10-9-13-21(28)24(17)31-36(32,33)23-16-19(14-15-22(23)34-5)25-18(2)29-26(35-25)30-27(3,4)20-11-7-6-8-12-20;1-17-21(12-9-15-27-17)30-35(31,32)23-16-19(13-14-22(23)33-5)24-18(2)28-25(34-24)29-26(3,4)20-10-7-6-8-11-20/h9-10,13-16,20,31H,6-8,11-12H2,1-5H3,(H,29,30);6-16,31H,1-5H3,(H,29,30);9,12-16,20,30H,6-8,10-11H2,1-5H3,(H,28,29). The lowest BCUT2D eigenvalue weighted by atomic mass is 9.77. The Morgan fingerprint density at radius 3 is 1.14 bits per heavy atom. The van der Waals surface area contributed by atoms with Crippen molar-refractivity contribution in [2.75, 3.05) is 51.4 Å². The lowest BCUT2D eigenvalue weighted by molar-refractivity contribution is 0.258. The summed E-state index contributed by atoms with van der Waals surface area (Å²) in [4.78, 5) is 20.9. The molecule has 6 aromatic carbocycles. The molecule has 2 fully saturated rings. The van der Waals surface area contributed by atoms with E-state index in [0.29, 0.717) is 45.5 Å². The van der Waals surface area contributed by atoms with Crippen LogP contribution in [0.4, 0.5) is 41.2 Å². The maximum absolute atomic E-state index is 14.4. The quantitative estimate of drug-likeness (QED) is 0.0329. The van der Waals surface area contributed by atoms with Gasteiger partial charge in [0.1, 0.15) is 43.6 Å². The van der Waals surface area contributed by atoms with Crippen molar-refractivity contribution in [1.82, 2.24) is 19.9 Å². The minimum absolute atomic E-state index is 0.0537. The minimum Gasteiger partial charge on any atom is -0.495 e. The number of thiazole rings is 3. The zero-order chi connectivity index (χ0) is 77.4. The number of rotatable bonds is 24. The summed E-state index contributed by atoms with van der Waals surface area (Å²) >= 11 is 4.50. The van der Waals surface area contributed by atoms with Crippen molar-refractivity contribution in [3.63, 3.8) is 0 Å². The van der Waals surface area contributed by atoms with Crippen LogP contribution in [-0.2, 0) is 35.6 Å². The minimum atomic E-state index is -4.15. The molecule has 0 atom stereocenters. The summed E-state index contributed by atoms with van der Waals surface area (Å²) in [5.41, 5.74) is 7.05. The summed E-state index contributed by atoms with van der Waals surface area (Å²) < 4.78 is 132. The van der Waals surface area contributed by atoms with Crippen LogP contribution in [0.5, 0.6) is 17.2 Å². The second-order valence-corrected chi connectivity index (χ2v) is 36.6. The molecule has 12 rings (SSSR count). The van der Waals surface area contributed by atoms with E-state index in [1.54, 1.807) is 99.0 Å². The molecule has 2 aliphatic carbocycles. The second-order valence-electron chi connectivity index (χ2n) is 28.7. The van der Waals surface area contributed by atoms with Crippen LogP contribution in [0.1, 0.15) is 145 Å². The predicted octanol–water partition coefficient (Wildman–Crippen LogP) is 20.3. The van der Waals surface area contributed by atoms with E-state index in [1.807, 2.05) is 51.1 Å². The summed E-state index contributed by atoms with van der Waals surface area (Å²) in [5, 5.41) is 13.2. The molecule has 6 N–H and O–H groups in total. The van der Waals surface area contributed by atoms with Gasteiger partial charge in [-0.3, -0.25) is 19.2 Å². The fourth-order valence-electron chi connectivity index (χ4n) is 13.5. The normalized spacial score (nSPS) is 14.0. The predicted molar refractivity (Wildman–Crippen MR) is 432 cm³/mol. The molecule has 107 heavy (non-hydrogen) atoms. The molecular formula is C80H96F2N10O9S6. The number of pyridine rings is 1. The molecule has 19 nitrogen and oxygen atoms in total. The number of para-hydroxylation sites is 2. The number of nitrogens with zero attached hydrogens (tertiary/aromatic N) is 4. The van der Waals surface area contributed by atoms with Gasteiger partial charge >= 0.3 is 0 Å². The molecule has 27 heteroatoms. The van der Waals surface area contributed by atoms with Gasteiger partial charge in [-0.1, -0.05) is 127 Å². The number of nitrogens with one attached hydrogen (secondary N) is 6. The molecule has 0 saturated heterocycles. The number of ether oxygens (including phenoxy) is 3. The van der Waals surface area contributed by atoms with Crippen molar-refractivity contribution in [1.29, 1.82) is 0 Å². The summed E-state index contributed by atoms with van der Waals surface area (Å²) in [7, 11) is -7.90. The van der Waals surface area contributed by atoms with Crippen LogP contribution in [0.15, 0.2) is 154 Å². The van der Waals surface area contributed by atoms with Gasteiger partial charge < -0.3 is 30.2 Å². The summed E-state index contributed by atoms with van der Waals surface area (Å²) in [6.07, 6.45) is 14.3. The zero-order valence-corrected chi connectivity index (χ0v) is 68.1. The Kier molecular flexibility index (Phi) is 25.5. The van der Waals surface area contributed by atoms with Gasteiger partial charge in [0.15, 0.2) is 15.4 Å². The molecule has 4 aromatic heterocycles. The van der Waals surface area contributed by atoms with Gasteiger partial charge in [0.05, 0.1) is 81.3 Å². The first kappa shape index (κ1) is 80.8. The van der Waals surface area contributed by atoms with Gasteiger partial charge in [0, 0.05) is 17.3 Å². The molecule has 10 aromatic rings. The number of aryl methyl sites for hydroxylation is 6. The van der Waals surface area contributed by atoms with Crippen LogP contribution in [0.3, 0.4) is 0 Å². The van der Waals surface area contributed by atoms with Gasteiger partial charge in [0.25, 0.3) is 30.1 Å². The molecule has 2 aliphatic rings. The Hall–Kier alpha value is -8.73. The van der Waals surface area contributed by atoms with E-state index in [1.165, 1.54) is 139 Å². The summed E-state index contributed by atoms with van der Waals surface area (Å²) in [6.45, 7) is 23.9. The highest BCUT2D eigenvalue weighted by molar-refractivity contribution is 7.93. The first-order valence-electron chi connectivity index (χ1n) is 35.5. The van der Waals surface area contributed by atoms with Crippen LogP contribution in [0, 0.1) is 65.0 Å². The molecule has 0 spiro atoms. The van der Waals surface area contributed by atoms with E-state index in [4.69, 9.17) is 24.2 Å². The van der Waals surface area contributed by atoms with E-state index < -0.39 is 41.7 Å². The SMILES string of the molecule is COc1ccc(-c2sc(NC(C)(C)C3CCCCC3)nc2C)cc1S(=O)(=O)Nc1c(C)cccc1F.COc1ccc(-c2sc(NC(C)(C)C3CCCCC3)nc2C)cc1S(=O)(=O)Nc1cccnc1C.COc1ccc(-c2sc(NC(C)(C)c3ccccc3)nc2C)cc1S(=O)(=O)Nc1c(C)cccc1F. The highest BCUT2D eigenvalue weighted by Crippen LogP contribution is 2.45. The van der Waals surface area contributed by atoms with Crippen molar-refractivity contribution in [3.8, 4) is 48.6 Å². The number of sulfonamides is 3. The third-order valence-electron chi connectivity index (χ3n) is 19.7. The number of aromatic nitrogens is 4. The van der Waals surface area contributed by atoms with Crippen molar-refractivity contribution in [2.24, 2.45) is 11.8 Å². The van der Waals surface area contributed by atoms with Crippen LogP contribution < -0.4 is 44.3 Å². The number of halogens is 2. The van der Waals surface area contributed by atoms with Crippen molar-refractivity contribution >= 4 is 96.5 Å². The first-order chi connectivity index (χ1) is 50.6. The topological polar surface area (TPSA) is 254 Å². The van der Waals surface area contributed by atoms with E-state index in [2.05, 4.69) is 93.8 Å². The molecule has 570 valence electrons. The summed E-state index contributed by atoms with van der Waals surface area (Å²) in [6, 6.07) is 37.4. The Morgan fingerprint density at radius 1 is 0.421 bits per heavy atom. The fourth-order valence-corrected chi connectivity index (χ4v) is 20.9. The molecule has 0 aliphatic heterocycles. The largest absolute Gasteiger partial charge is 0.495 e. The molecule has 0 unspecified atom stereocenters. The zero-order valence-electron chi connectivity index (χ0n) is 63.2. The van der Waals surface area contributed by atoms with E-state index in [0.717, 1.165) is 58.2 Å². The Bertz CT molecular complexity index is 5110. The van der Waals surface area contributed by atoms with Crippen molar-refractivity contribution < 1.29 is 48.2 Å². The van der Waals surface area contributed by atoms with E-state index >= 15 is 0 Å². The highest BCUT2D eigenvalue weighted by Gasteiger charge is 2.35. The van der Waals surface area contributed by atoms with Crippen molar-refractivity contribution in [2.45, 2.75) is 179 Å². The monoisotopic (exact) mass is 1570 g/mol. The number of hydrogen-bond donors (Lipinski definition) is 6. The van der Waals surface area contributed by atoms with E-state index in [-0.39, 0.29) is 59.9 Å². The van der Waals surface area contributed by atoms with Crippen LogP contribution in [0.25, 0.3) is 31.3 Å². The Balaban J connectivity index is 0.000000172. The number of benzene rings is 6. The van der Waals surface area contributed by atoms with Crippen LogP contribution in [0.2, 0.25) is 0 Å². The van der Waals surface area contributed by atoms with Gasteiger partial charge in [-0.2, -0.15) is 0 Å². The van der Waals surface area contributed by atoms with Gasteiger partial charge in [0.2, 0.25) is 0 Å². The first-order valence-corrected chi connectivity index (χ1v) is 42.4. The van der Waals surface area contributed by atoms with Crippen LogP contribution in [-0.4, -0.2) is 77.6 Å². The average molecular weight is 1570 g/mol. The van der Waals surface area contributed by atoms with Crippen molar-refractivity contribution in [3.05, 3.63) is 191 Å². The molecule has 0 bridgehead atoms. The van der Waals surface area contributed by atoms with Gasteiger partial charge in [-0.15, -0.1) is 0 Å². The summed E-state index contributed by atoms with van der Waals surface area (Å²) in [5.74, 6) is 0.534. The molecule has 2 saturated carbocycles. The number of methoxy groups -OCH3 is 3. The molecule has 0 radical (unpaired) electrons. The molecular weight excluding hydrogens is 1480 g/mol. The lowest BCUT2D eigenvalue weighted by Gasteiger charge is -2.37. The second kappa shape index (κ2) is 33.8. The van der Waals surface area contributed by atoms with Gasteiger partial charge in [-0.25, -0.2) is 49.0 Å². The molecule has 4 heterocycles. The number of anilines is 6. The van der Waals surface area contributed by atoms with Gasteiger partial charge in [-0.05, 0) is 233 Å². The smallest absolute Gasteiger partial charge is 0.265 e. The number of hydrogen-bond acceptors (Lipinski definition) is 19.